The van der Waals surface area contributed by atoms with Crippen molar-refractivity contribution < 1.29 is 9.53 Å². The average molecular weight is 407 g/mol. The Morgan fingerprint density at radius 3 is 2.96 bits per heavy atom. The first-order chi connectivity index (χ1) is 13.7. The molecule has 1 aromatic rings. The molecule has 3 atom stereocenters. The van der Waals surface area contributed by atoms with Crippen LogP contribution in [0.3, 0.4) is 0 Å². The maximum atomic E-state index is 13.4. The summed E-state index contributed by atoms with van der Waals surface area (Å²) in [6.45, 7) is 9.80. The molecule has 3 heterocycles. The van der Waals surface area contributed by atoms with E-state index in [9.17, 15) is 4.79 Å². The molecule has 2 aliphatic heterocycles. The Balaban J connectivity index is 1.42. The molecule has 0 bridgehead atoms. The van der Waals surface area contributed by atoms with Crippen LogP contribution in [0.4, 0.5) is 0 Å². The Hall–Kier alpha value is -1.02. The molecule has 0 spiro atoms. The summed E-state index contributed by atoms with van der Waals surface area (Å²) in [5.74, 6) is 0.780. The molecular formula is C21H34N4O2S. The zero-order chi connectivity index (χ0) is 19.4. The van der Waals surface area contributed by atoms with Crippen molar-refractivity contribution in [2.45, 2.75) is 45.1 Å². The molecule has 7 heteroatoms. The number of carbonyl (C=O) groups is 1. The largest absolute Gasteiger partial charge is 0.379 e. The molecule has 0 radical (unpaired) electrons. The predicted octanol–water partition coefficient (Wildman–Crippen LogP) is 2.01. The van der Waals surface area contributed by atoms with Crippen molar-refractivity contribution in [3.63, 3.8) is 0 Å². The normalized spacial score (nSPS) is 32.0. The van der Waals surface area contributed by atoms with E-state index in [4.69, 9.17) is 4.74 Å². The van der Waals surface area contributed by atoms with E-state index in [1.165, 1.54) is 0 Å². The first-order valence-electron chi connectivity index (χ1n) is 10.9. The number of nitrogens with zero attached hydrogens (tertiary/aromatic N) is 3. The van der Waals surface area contributed by atoms with Crippen molar-refractivity contribution in [2.24, 2.45) is 11.3 Å². The number of ether oxygens (including phenoxy) is 1. The lowest BCUT2D eigenvalue weighted by atomic mass is 9.61. The highest BCUT2D eigenvalue weighted by Gasteiger charge is 2.52. The van der Waals surface area contributed by atoms with E-state index in [0.717, 1.165) is 83.7 Å². The summed E-state index contributed by atoms with van der Waals surface area (Å²) in [5, 5.41) is 5.35. The lowest BCUT2D eigenvalue weighted by Crippen LogP contribution is -2.61. The maximum Gasteiger partial charge on any atom is 0.227 e. The number of aromatic nitrogens is 1. The lowest BCUT2D eigenvalue weighted by Gasteiger charge is -2.53. The van der Waals surface area contributed by atoms with E-state index in [1.54, 1.807) is 11.3 Å². The van der Waals surface area contributed by atoms with Crippen LogP contribution >= 0.6 is 11.3 Å². The van der Waals surface area contributed by atoms with Gasteiger partial charge < -0.3 is 15.0 Å². The van der Waals surface area contributed by atoms with Crippen LogP contribution in [0.15, 0.2) is 10.9 Å². The minimum Gasteiger partial charge on any atom is -0.379 e. The summed E-state index contributed by atoms with van der Waals surface area (Å²) in [6.07, 6.45) is 5.28. The number of carbonyl (C=O) groups excluding carboxylic acids is 1. The van der Waals surface area contributed by atoms with Crippen molar-refractivity contribution in [1.29, 1.82) is 0 Å². The number of hydrogen-bond donors (Lipinski definition) is 1. The number of morpholine rings is 1. The van der Waals surface area contributed by atoms with Gasteiger partial charge in [0.2, 0.25) is 5.91 Å². The second-order valence-electron chi connectivity index (χ2n) is 8.57. The Labute approximate surface area is 172 Å². The summed E-state index contributed by atoms with van der Waals surface area (Å²) < 4.78 is 5.54. The molecule has 1 aliphatic carbocycles. The second kappa shape index (κ2) is 9.20. The number of amides is 1. The van der Waals surface area contributed by atoms with Crippen LogP contribution in [0.2, 0.25) is 0 Å². The monoisotopic (exact) mass is 406 g/mol. The Bertz CT molecular complexity index is 634. The minimum absolute atomic E-state index is 0.209. The number of piperidine rings is 1. The first-order valence-corrected chi connectivity index (χ1v) is 11.8. The SMILES string of the molecule is CCN1CC[C@@H]2C[C@@H](N3CCOCC3)CC[C@@]2(C(=O)NCCc2cscn2)C1. The summed E-state index contributed by atoms with van der Waals surface area (Å²) in [7, 11) is 0. The van der Waals surface area contributed by atoms with Crippen LogP contribution in [-0.2, 0) is 16.0 Å². The number of thiazole rings is 1. The van der Waals surface area contributed by atoms with Gasteiger partial charge in [0.25, 0.3) is 0 Å². The molecule has 1 amide bonds. The van der Waals surface area contributed by atoms with Gasteiger partial charge in [-0.15, -0.1) is 11.3 Å². The highest BCUT2D eigenvalue weighted by molar-refractivity contribution is 7.07. The van der Waals surface area contributed by atoms with Crippen molar-refractivity contribution >= 4 is 17.2 Å². The number of hydrogen-bond acceptors (Lipinski definition) is 6. The van der Waals surface area contributed by atoms with Crippen molar-refractivity contribution in [3.05, 3.63) is 16.6 Å². The fourth-order valence-corrected chi connectivity index (χ4v) is 6.07. The zero-order valence-corrected chi connectivity index (χ0v) is 17.9. The summed E-state index contributed by atoms with van der Waals surface area (Å²) in [4.78, 5) is 22.9. The van der Waals surface area contributed by atoms with E-state index in [-0.39, 0.29) is 11.3 Å². The van der Waals surface area contributed by atoms with Gasteiger partial charge in [0.15, 0.2) is 0 Å². The van der Waals surface area contributed by atoms with Crippen LogP contribution in [0.1, 0.15) is 38.3 Å². The van der Waals surface area contributed by atoms with Crippen LogP contribution in [0.25, 0.3) is 0 Å². The third-order valence-electron chi connectivity index (χ3n) is 7.17. The van der Waals surface area contributed by atoms with Crippen LogP contribution in [0, 0.1) is 11.3 Å². The third-order valence-corrected chi connectivity index (χ3v) is 7.81. The van der Waals surface area contributed by atoms with Gasteiger partial charge in [-0.3, -0.25) is 9.69 Å². The van der Waals surface area contributed by atoms with Gasteiger partial charge in [-0.05, 0) is 44.7 Å². The molecule has 1 N–H and O–H groups in total. The molecule has 156 valence electrons. The topological polar surface area (TPSA) is 57.7 Å². The molecule has 0 unspecified atom stereocenters. The average Bonchev–Trinajstić information content (AvgIpc) is 3.27. The van der Waals surface area contributed by atoms with Gasteiger partial charge in [-0.25, -0.2) is 4.98 Å². The van der Waals surface area contributed by atoms with Crippen LogP contribution in [0.5, 0.6) is 0 Å². The molecule has 4 rings (SSSR count). The smallest absolute Gasteiger partial charge is 0.227 e. The first kappa shape index (κ1) is 20.3. The van der Waals surface area contributed by atoms with Gasteiger partial charge in [0, 0.05) is 44.0 Å². The van der Waals surface area contributed by atoms with E-state index >= 15 is 0 Å². The van der Waals surface area contributed by atoms with E-state index in [1.807, 2.05) is 5.51 Å². The fraction of sp³-hybridized carbons (Fsp3) is 0.810. The van der Waals surface area contributed by atoms with Gasteiger partial charge in [0.1, 0.15) is 0 Å². The number of fused-ring (bicyclic) bond motifs is 1. The minimum atomic E-state index is -0.209. The van der Waals surface area contributed by atoms with Gasteiger partial charge in [-0.2, -0.15) is 0 Å². The maximum absolute atomic E-state index is 13.4. The third kappa shape index (κ3) is 4.27. The summed E-state index contributed by atoms with van der Waals surface area (Å²) in [6, 6.07) is 0.623. The number of rotatable bonds is 6. The summed E-state index contributed by atoms with van der Waals surface area (Å²) >= 11 is 1.62. The highest BCUT2D eigenvalue weighted by atomic mass is 32.1. The van der Waals surface area contributed by atoms with Crippen molar-refractivity contribution in [1.82, 2.24) is 20.1 Å². The van der Waals surface area contributed by atoms with E-state index in [0.29, 0.717) is 18.5 Å². The molecular weight excluding hydrogens is 372 g/mol. The molecule has 1 aromatic heterocycles. The Morgan fingerprint density at radius 1 is 1.36 bits per heavy atom. The van der Waals surface area contributed by atoms with Crippen LogP contribution < -0.4 is 5.32 Å². The highest BCUT2D eigenvalue weighted by Crippen LogP contribution is 2.47. The molecule has 28 heavy (non-hydrogen) atoms. The summed E-state index contributed by atoms with van der Waals surface area (Å²) in [5.41, 5.74) is 2.73. The number of likely N-dealkylation sites (tertiary alicyclic amines) is 1. The molecule has 1 saturated carbocycles. The quantitative estimate of drug-likeness (QED) is 0.783. The standard InChI is InChI=1S/C21H34N4O2S/c1-2-24-8-5-17-13-19(25-9-11-27-12-10-25)3-6-21(17,15-24)20(26)22-7-4-18-14-28-16-23-18/h14,16-17,19H,2-13,15H2,1H3,(H,22,26)/t17-,19+,21-/m1/s1. The molecule has 0 aromatic carbocycles. The molecule has 3 aliphatic rings. The zero-order valence-electron chi connectivity index (χ0n) is 17.1. The van der Waals surface area contributed by atoms with Gasteiger partial charge in [-0.1, -0.05) is 6.92 Å². The Morgan fingerprint density at radius 2 is 2.21 bits per heavy atom. The number of nitrogens with one attached hydrogen (secondary N) is 1. The van der Waals surface area contributed by atoms with Crippen LogP contribution in [-0.4, -0.2) is 79.2 Å². The van der Waals surface area contributed by atoms with E-state index in [2.05, 4.69) is 32.4 Å². The fourth-order valence-electron chi connectivity index (χ4n) is 5.48. The lowest BCUT2D eigenvalue weighted by molar-refractivity contribution is -0.144. The second-order valence-corrected chi connectivity index (χ2v) is 9.29. The van der Waals surface area contributed by atoms with E-state index < -0.39 is 0 Å². The molecule has 3 fully saturated rings. The van der Waals surface area contributed by atoms with Crippen molar-refractivity contribution in [3.8, 4) is 0 Å². The molecule has 6 nitrogen and oxygen atoms in total. The van der Waals surface area contributed by atoms with Crippen molar-refractivity contribution in [2.75, 3.05) is 52.5 Å². The Kier molecular flexibility index (Phi) is 6.66. The van der Waals surface area contributed by atoms with Gasteiger partial charge in [0.05, 0.1) is 29.8 Å². The predicted molar refractivity (Wildman–Crippen MR) is 112 cm³/mol. The van der Waals surface area contributed by atoms with Gasteiger partial charge >= 0.3 is 0 Å². The molecule has 2 saturated heterocycles.